The molecule has 0 aliphatic carbocycles. The van der Waals surface area contributed by atoms with Gasteiger partial charge in [-0.15, -0.1) is 0 Å². The van der Waals surface area contributed by atoms with Crippen LogP contribution in [0, 0.1) is 0 Å². The molecule has 0 aliphatic heterocycles. The van der Waals surface area contributed by atoms with E-state index in [1.807, 2.05) is 0 Å². The van der Waals surface area contributed by atoms with Crippen LogP contribution in [0.2, 0.25) is 0 Å². The highest BCUT2D eigenvalue weighted by Crippen LogP contribution is 2.09. The topological polar surface area (TPSA) is 63.6 Å². The van der Waals surface area contributed by atoms with Crippen molar-refractivity contribution in [3.05, 3.63) is 24.8 Å². The van der Waals surface area contributed by atoms with Crippen molar-refractivity contribution in [1.29, 1.82) is 0 Å². The highest BCUT2D eigenvalue weighted by atomic mass is 16.6. The van der Waals surface area contributed by atoms with E-state index in [2.05, 4.69) is 6.58 Å². The highest BCUT2D eigenvalue weighted by Gasteiger charge is 2.16. The molecule has 0 saturated heterocycles. The molecule has 0 fully saturated rings. The van der Waals surface area contributed by atoms with Gasteiger partial charge in [-0.05, 0) is 19.9 Å². The van der Waals surface area contributed by atoms with Crippen LogP contribution in [0.3, 0.4) is 0 Å². The van der Waals surface area contributed by atoms with Crippen molar-refractivity contribution >= 4 is 11.9 Å². The summed E-state index contributed by atoms with van der Waals surface area (Å²) in [5.41, 5.74) is -0.778. The Morgan fingerprint density at radius 3 is 2.31 bits per heavy atom. The first-order valence-corrected chi connectivity index (χ1v) is 3.65. The third-order valence-corrected chi connectivity index (χ3v) is 1.22. The molecule has 4 heteroatoms. The molecule has 0 aromatic heterocycles. The second kappa shape index (κ2) is 4.45. The Morgan fingerprint density at radius 1 is 1.38 bits per heavy atom. The standard InChI is InChI=1S/C9H12O4/c1-4-9(2,3)13-8(12)6-5-7(10)11/h4-6H,1H2,2-3H3,(H,10,11)/b6-5-. The van der Waals surface area contributed by atoms with E-state index in [0.717, 1.165) is 12.2 Å². The van der Waals surface area contributed by atoms with Gasteiger partial charge in [-0.2, -0.15) is 0 Å². The van der Waals surface area contributed by atoms with E-state index < -0.39 is 17.5 Å². The zero-order valence-corrected chi connectivity index (χ0v) is 7.61. The monoisotopic (exact) mass is 184 g/mol. The molecule has 0 aromatic rings. The Kier molecular flexibility index (Phi) is 3.91. The molecule has 0 spiro atoms. The summed E-state index contributed by atoms with van der Waals surface area (Å²) >= 11 is 0. The molecule has 4 nitrogen and oxygen atoms in total. The van der Waals surface area contributed by atoms with Gasteiger partial charge in [-0.3, -0.25) is 0 Å². The van der Waals surface area contributed by atoms with Crippen LogP contribution in [0.1, 0.15) is 13.8 Å². The van der Waals surface area contributed by atoms with Gasteiger partial charge in [0.15, 0.2) is 0 Å². The fraction of sp³-hybridized carbons (Fsp3) is 0.333. The summed E-state index contributed by atoms with van der Waals surface area (Å²) < 4.78 is 4.83. The van der Waals surface area contributed by atoms with Crippen LogP contribution in [0.25, 0.3) is 0 Å². The minimum atomic E-state index is -1.19. The van der Waals surface area contributed by atoms with Crippen molar-refractivity contribution in [2.75, 3.05) is 0 Å². The van der Waals surface area contributed by atoms with Crippen LogP contribution in [-0.2, 0) is 14.3 Å². The zero-order chi connectivity index (χ0) is 10.5. The largest absolute Gasteiger partial charge is 0.478 e. The van der Waals surface area contributed by atoms with Crippen LogP contribution in [0.4, 0.5) is 0 Å². The maximum Gasteiger partial charge on any atom is 0.331 e. The number of carboxylic acids is 1. The van der Waals surface area contributed by atoms with Crippen LogP contribution in [-0.4, -0.2) is 22.6 Å². The quantitative estimate of drug-likeness (QED) is 0.404. The molecular formula is C9H12O4. The van der Waals surface area contributed by atoms with Crippen LogP contribution < -0.4 is 0 Å². The van der Waals surface area contributed by atoms with Crippen molar-refractivity contribution in [3.63, 3.8) is 0 Å². The summed E-state index contributed by atoms with van der Waals surface area (Å²) in [6, 6.07) is 0. The molecule has 0 amide bonds. The molecule has 1 N–H and O–H groups in total. The average molecular weight is 184 g/mol. The number of aliphatic carboxylic acids is 1. The Labute approximate surface area is 76.5 Å². The van der Waals surface area contributed by atoms with Crippen molar-refractivity contribution in [3.8, 4) is 0 Å². The lowest BCUT2D eigenvalue weighted by Gasteiger charge is -2.19. The Bertz CT molecular complexity index is 250. The van der Waals surface area contributed by atoms with E-state index in [1.54, 1.807) is 13.8 Å². The first kappa shape index (κ1) is 11.4. The number of hydrogen-bond donors (Lipinski definition) is 1. The Morgan fingerprint density at radius 2 is 1.92 bits per heavy atom. The predicted molar refractivity (Wildman–Crippen MR) is 47.1 cm³/mol. The van der Waals surface area contributed by atoms with E-state index in [0.29, 0.717) is 0 Å². The first-order chi connectivity index (χ1) is 5.87. The lowest BCUT2D eigenvalue weighted by atomic mass is 10.1. The van der Waals surface area contributed by atoms with Gasteiger partial charge in [-0.25, -0.2) is 9.59 Å². The maximum absolute atomic E-state index is 10.9. The number of esters is 1. The van der Waals surface area contributed by atoms with Gasteiger partial charge in [0.05, 0.1) is 0 Å². The number of hydrogen-bond acceptors (Lipinski definition) is 3. The zero-order valence-electron chi connectivity index (χ0n) is 7.61. The van der Waals surface area contributed by atoms with Crippen LogP contribution in [0.5, 0.6) is 0 Å². The number of carboxylic acid groups (broad SMARTS) is 1. The van der Waals surface area contributed by atoms with E-state index in [-0.39, 0.29) is 0 Å². The number of carbonyl (C=O) groups excluding carboxylic acids is 1. The summed E-state index contributed by atoms with van der Waals surface area (Å²) in [5, 5.41) is 8.20. The lowest BCUT2D eigenvalue weighted by Crippen LogP contribution is -2.24. The van der Waals surface area contributed by atoms with Gasteiger partial charge in [-0.1, -0.05) is 6.58 Å². The first-order valence-electron chi connectivity index (χ1n) is 3.65. The smallest absolute Gasteiger partial charge is 0.331 e. The predicted octanol–water partition coefficient (Wildman–Crippen LogP) is 1.14. The third-order valence-electron chi connectivity index (χ3n) is 1.22. The fourth-order valence-corrected chi connectivity index (χ4v) is 0.474. The number of rotatable bonds is 4. The molecule has 0 atom stereocenters. The highest BCUT2D eigenvalue weighted by molar-refractivity contribution is 5.90. The minimum absolute atomic E-state index is 0.702. The summed E-state index contributed by atoms with van der Waals surface area (Å²) in [6.45, 7) is 6.75. The minimum Gasteiger partial charge on any atom is -0.478 e. The molecule has 0 bridgehead atoms. The number of ether oxygens (including phenoxy) is 1. The molecule has 0 aliphatic rings. The van der Waals surface area contributed by atoms with Crippen LogP contribution in [0.15, 0.2) is 24.8 Å². The molecule has 0 aromatic carbocycles. The van der Waals surface area contributed by atoms with Gasteiger partial charge in [0.25, 0.3) is 0 Å². The summed E-state index contributed by atoms with van der Waals surface area (Å²) in [6.07, 6.45) is 3.04. The van der Waals surface area contributed by atoms with Crippen molar-refractivity contribution in [1.82, 2.24) is 0 Å². The average Bonchev–Trinajstić information content (AvgIpc) is 2.00. The van der Waals surface area contributed by atoms with Crippen molar-refractivity contribution in [2.45, 2.75) is 19.4 Å². The Hall–Kier alpha value is -1.58. The molecule has 72 valence electrons. The molecule has 0 radical (unpaired) electrons. The normalized spacial score (nSPS) is 11.2. The molecule has 13 heavy (non-hydrogen) atoms. The summed E-state index contributed by atoms with van der Waals surface area (Å²) in [7, 11) is 0. The maximum atomic E-state index is 10.9. The van der Waals surface area contributed by atoms with E-state index in [1.165, 1.54) is 6.08 Å². The summed E-state index contributed by atoms with van der Waals surface area (Å²) in [5.74, 6) is -1.89. The van der Waals surface area contributed by atoms with E-state index >= 15 is 0 Å². The van der Waals surface area contributed by atoms with Crippen molar-refractivity contribution < 1.29 is 19.4 Å². The van der Waals surface area contributed by atoms with Gasteiger partial charge >= 0.3 is 11.9 Å². The SMILES string of the molecule is C=CC(C)(C)OC(=O)/C=C\C(=O)O. The van der Waals surface area contributed by atoms with Gasteiger partial charge in [0.2, 0.25) is 0 Å². The van der Waals surface area contributed by atoms with E-state index in [9.17, 15) is 9.59 Å². The van der Waals surface area contributed by atoms with Gasteiger partial charge < -0.3 is 9.84 Å². The fourth-order valence-electron chi connectivity index (χ4n) is 0.474. The van der Waals surface area contributed by atoms with Gasteiger partial charge in [0, 0.05) is 12.2 Å². The number of carbonyl (C=O) groups is 2. The third kappa shape index (κ3) is 5.66. The molecular weight excluding hydrogens is 172 g/mol. The summed E-state index contributed by atoms with van der Waals surface area (Å²) in [4.78, 5) is 20.9. The molecule has 0 saturated carbocycles. The molecule has 0 unspecified atom stereocenters. The Balaban J connectivity index is 4.17. The molecule has 0 rings (SSSR count). The second-order valence-electron chi connectivity index (χ2n) is 2.90. The molecule has 0 heterocycles. The van der Waals surface area contributed by atoms with Crippen LogP contribution >= 0.6 is 0 Å². The van der Waals surface area contributed by atoms with E-state index in [4.69, 9.17) is 9.84 Å². The van der Waals surface area contributed by atoms with Gasteiger partial charge in [0.1, 0.15) is 5.60 Å². The lowest BCUT2D eigenvalue weighted by molar-refractivity contribution is -0.146. The van der Waals surface area contributed by atoms with Crippen molar-refractivity contribution in [2.24, 2.45) is 0 Å². The second-order valence-corrected chi connectivity index (χ2v) is 2.90.